The van der Waals surface area contributed by atoms with Crippen LogP contribution in [0.3, 0.4) is 0 Å². The standard InChI is InChI=1S/C34H50N9O21P3S2/c35-21(32(50)38-10-3-1-2-6-25(45)41-22(13-27(46)47)33(51)42-23(34(52)53)14-28(48)49)17-69-68-12-9-24(44)37-11-4-5-19-15-43(31-29(19)30(36)39-18-40-31)26-8-7-20(62-26)16-61-66(57,58)64-67(59,60)63-65(54,55)56/h15,18,20-23,26H,1-3,6-14,16-17,35H2,(H,37,44)(H,38,50)(H,41,45)(H,42,51)(H,46,47)(H,48,49)(H,52,53)(H,57,58)(H,59,60)(H2,36,39,40)(H2,54,55,56)/t20-,21?,22?,23?,26+/m0/s1. The number of phosphoric acid groups is 3. The van der Waals surface area contributed by atoms with Gasteiger partial charge in [-0.3, -0.25) is 33.3 Å². The lowest BCUT2D eigenvalue weighted by Crippen LogP contribution is -2.52. The van der Waals surface area contributed by atoms with E-state index in [2.05, 4.69) is 50.9 Å². The van der Waals surface area contributed by atoms with Crippen LogP contribution in [-0.2, 0) is 65.1 Å². The molecule has 69 heavy (non-hydrogen) atoms. The maximum Gasteiger partial charge on any atom is 0.490 e. The molecule has 3 heterocycles. The Morgan fingerprint density at radius 3 is 2.22 bits per heavy atom. The number of rotatable bonds is 30. The Balaban J connectivity index is 1.33. The Labute approximate surface area is 399 Å². The number of unbranched alkanes of at least 4 members (excludes halogenated alkanes) is 2. The molecule has 1 saturated heterocycles. The van der Waals surface area contributed by atoms with Gasteiger partial charge in [-0.05, 0) is 25.7 Å². The summed E-state index contributed by atoms with van der Waals surface area (Å²) >= 11 is 0. The summed E-state index contributed by atoms with van der Waals surface area (Å²) in [6.45, 7) is -0.450. The number of amides is 4. The first-order chi connectivity index (χ1) is 32.3. The van der Waals surface area contributed by atoms with Crippen LogP contribution in [0.5, 0.6) is 0 Å². The third-order valence-corrected chi connectivity index (χ3v) is 15.2. The first-order valence-corrected chi connectivity index (χ1v) is 27.1. The van der Waals surface area contributed by atoms with Gasteiger partial charge in [0.2, 0.25) is 23.6 Å². The highest BCUT2D eigenvalue weighted by Crippen LogP contribution is 2.66. The summed E-state index contributed by atoms with van der Waals surface area (Å²) in [5, 5.41) is 36.9. The summed E-state index contributed by atoms with van der Waals surface area (Å²) < 4.78 is 54.2. The van der Waals surface area contributed by atoms with Crippen molar-refractivity contribution in [3.8, 4) is 11.8 Å². The van der Waals surface area contributed by atoms with Crippen LogP contribution in [0.15, 0.2) is 12.5 Å². The molecule has 7 atom stereocenters. The molecule has 2 aromatic heterocycles. The van der Waals surface area contributed by atoms with E-state index in [0.717, 1.165) is 0 Å². The molecule has 0 spiro atoms. The predicted octanol–water partition coefficient (Wildman–Crippen LogP) is -0.719. The quantitative estimate of drug-likeness (QED) is 0.0199. The van der Waals surface area contributed by atoms with E-state index in [9.17, 15) is 57.0 Å². The molecule has 1 fully saturated rings. The Hall–Kier alpha value is -4.70. The first-order valence-electron chi connectivity index (χ1n) is 20.1. The Kier molecular flexibility index (Phi) is 23.5. The highest BCUT2D eigenvalue weighted by Gasteiger charge is 2.41. The van der Waals surface area contributed by atoms with E-state index in [-0.39, 0.29) is 49.8 Å². The van der Waals surface area contributed by atoms with Crippen molar-refractivity contribution in [1.29, 1.82) is 0 Å². The van der Waals surface area contributed by atoms with Gasteiger partial charge in [-0.15, -0.1) is 0 Å². The number of nitrogen functional groups attached to an aromatic ring is 1. The van der Waals surface area contributed by atoms with E-state index in [1.165, 1.54) is 27.9 Å². The van der Waals surface area contributed by atoms with Gasteiger partial charge in [0.25, 0.3) is 0 Å². The summed E-state index contributed by atoms with van der Waals surface area (Å²) in [6.07, 6.45) is 1.13. The van der Waals surface area contributed by atoms with Crippen LogP contribution in [0, 0.1) is 11.8 Å². The maximum atomic E-state index is 12.4. The van der Waals surface area contributed by atoms with Crippen molar-refractivity contribution in [3.05, 3.63) is 18.1 Å². The zero-order valence-electron chi connectivity index (χ0n) is 35.9. The topological polar surface area (TPSA) is 480 Å². The van der Waals surface area contributed by atoms with Crippen molar-refractivity contribution in [3.63, 3.8) is 0 Å². The Morgan fingerprint density at radius 2 is 1.55 bits per heavy atom. The number of nitrogens with zero attached hydrogens (tertiary/aromatic N) is 3. The second-order valence-corrected chi connectivity index (χ2v) is 21.5. The summed E-state index contributed by atoms with van der Waals surface area (Å²) in [4.78, 5) is 128. The minimum atomic E-state index is -5.69. The molecule has 1 aliphatic heterocycles. The molecule has 0 aliphatic carbocycles. The van der Waals surface area contributed by atoms with E-state index < -0.39 is 109 Å². The fraction of sp³-hybridized carbons (Fsp3) is 0.559. The summed E-state index contributed by atoms with van der Waals surface area (Å²) in [5.74, 6) is -0.800. The number of aliphatic carboxylic acids is 3. The van der Waals surface area contributed by atoms with Gasteiger partial charge in [-0.2, -0.15) is 8.62 Å². The van der Waals surface area contributed by atoms with Crippen molar-refractivity contribution in [2.24, 2.45) is 5.73 Å². The number of fused-ring (bicyclic) bond motifs is 1. The number of carboxylic acids is 3. The van der Waals surface area contributed by atoms with Crippen molar-refractivity contribution in [2.75, 3.05) is 36.9 Å². The molecule has 1 aliphatic rings. The highest BCUT2D eigenvalue weighted by molar-refractivity contribution is 8.76. The van der Waals surface area contributed by atoms with Crippen LogP contribution in [0.1, 0.15) is 69.6 Å². The Bertz CT molecular complexity index is 2400. The van der Waals surface area contributed by atoms with Crippen molar-refractivity contribution in [2.45, 2.75) is 88.2 Å². The molecule has 0 radical (unpaired) electrons. The molecular weight excluding hydrogens is 1030 g/mol. The maximum absolute atomic E-state index is 12.4. The lowest BCUT2D eigenvalue weighted by atomic mass is 10.1. The molecule has 0 saturated carbocycles. The minimum Gasteiger partial charge on any atom is -0.481 e. The van der Waals surface area contributed by atoms with E-state index in [1.54, 1.807) is 10.8 Å². The summed E-state index contributed by atoms with van der Waals surface area (Å²) in [7, 11) is -14.0. The molecule has 2 aromatic rings. The molecule has 3 rings (SSSR count). The zero-order chi connectivity index (χ0) is 51.5. The lowest BCUT2D eigenvalue weighted by Gasteiger charge is -2.19. The summed E-state index contributed by atoms with van der Waals surface area (Å²) in [5.41, 5.74) is 12.8. The third-order valence-electron chi connectivity index (χ3n) is 8.95. The first kappa shape index (κ1) is 58.6. The molecular formula is C34H50N9O21P3S2. The van der Waals surface area contributed by atoms with Crippen LogP contribution < -0.4 is 32.7 Å². The molecule has 35 heteroatoms. The number of aromatic nitrogens is 3. The number of anilines is 1. The second kappa shape index (κ2) is 27.6. The summed E-state index contributed by atoms with van der Waals surface area (Å²) in [6, 6.07) is -4.35. The number of nitrogens with one attached hydrogen (secondary N) is 4. The van der Waals surface area contributed by atoms with Crippen molar-refractivity contribution < 1.29 is 100 Å². The predicted molar refractivity (Wildman–Crippen MR) is 240 cm³/mol. The minimum absolute atomic E-state index is 0.0438. The van der Waals surface area contributed by atoms with Crippen LogP contribution in [-0.4, -0.2) is 146 Å². The number of phosphoric ester groups is 1. The van der Waals surface area contributed by atoms with Crippen LogP contribution >= 0.6 is 45.1 Å². The number of nitrogens with two attached hydrogens (primary N) is 2. The molecule has 0 bridgehead atoms. The van der Waals surface area contributed by atoms with Crippen molar-refractivity contribution in [1.82, 2.24) is 35.8 Å². The van der Waals surface area contributed by atoms with Crippen LogP contribution in [0.25, 0.3) is 11.0 Å². The monoisotopic (exact) mass is 1080 g/mol. The van der Waals surface area contributed by atoms with E-state index in [1.807, 2.05) is 5.32 Å². The largest absolute Gasteiger partial charge is 0.490 e. The number of ether oxygens (including phenoxy) is 1. The van der Waals surface area contributed by atoms with Gasteiger partial charge in [0.1, 0.15) is 36.1 Å². The highest BCUT2D eigenvalue weighted by atomic mass is 33.1. The molecule has 15 N–H and O–H groups in total. The van der Waals surface area contributed by atoms with Crippen molar-refractivity contribution >= 4 is 103 Å². The van der Waals surface area contributed by atoms with Gasteiger partial charge >= 0.3 is 41.4 Å². The smallest absolute Gasteiger partial charge is 0.481 e. The molecule has 5 unspecified atom stereocenters. The van der Waals surface area contributed by atoms with Gasteiger partial charge in [0, 0.05) is 37.1 Å². The molecule has 4 amide bonds. The lowest BCUT2D eigenvalue weighted by molar-refractivity contribution is -0.148. The van der Waals surface area contributed by atoms with Gasteiger partial charge < -0.3 is 76.9 Å². The molecule has 30 nitrogen and oxygen atoms in total. The Morgan fingerprint density at radius 1 is 0.855 bits per heavy atom. The van der Waals surface area contributed by atoms with Crippen LogP contribution in [0.4, 0.5) is 5.82 Å². The number of carbonyl (C=O) groups excluding carboxylic acids is 4. The number of carboxylic acid groups (broad SMARTS) is 3. The van der Waals surface area contributed by atoms with Gasteiger partial charge in [-0.25, -0.2) is 28.5 Å². The average molecular weight is 1080 g/mol. The zero-order valence-corrected chi connectivity index (χ0v) is 40.3. The van der Waals surface area contributed by atoms with Gasteiger partial charge in [0.15, 0.2) is 0 Å². The normalized spacial score (nSPS) is 17.8. The molecule has 0 aromatic carbocycles. The average Bonchev–Trinajstić information content (AvgIpc) is 3.86. The van der Waals surface area contributed by atoms with Gasteiger partial charge in [0.05, 0.1) is 49.1 Å². The van der Waals surface area contributed by atoms with E-state index in [0.29, 0.717) is 48.0 Å². The number of hydrogen-bond acceptors (Lipinski definition) is 20. The van der Waals surface area contributed by atoms with Crippen LogP contribution in [0.2, 0.25) is 0 Å². The van der Waals surface area contributed by atoms with E-state index >= 15 is 0 Å². The SMILES string of the molecule is Nc1ncnc2c1c(C#CCNC(=O)CCSSCC(N)C(=O)NCCCCCC(=O)NC(CC(=O)O)C(=O)NC(CC(=O)O)C(=O)O)cn2[C@H]1CC[C@@H](COP(=O)(O)OP(=O)(O)OP(=O)(O)O)O1. The fourth-order valence-corrected chi connectivity index (χ4v) is 11.1. The van der Waals surface area contributed by atoms with E-state index in [4.69, 9.17) is 41.3 Å². The number of carbonyl (C=O) groups is 7. The number of hydrogen-bond donors (Lipinski definition) is 13. The second-order valence-electron chi connectivity index (χ2n) is 14.4. The fourth-order valence-electron chi connectivity index (χ4n) is 5.91. The molecule has 384 valence electrons. The third kappa shape index (κ3) is 21.9. The van der Waals surface area contributed by atoms with Gasteiger partial charge in [-0.1, -0.05) is 39.8 Å².